The molecule has 0 radical (unpaired) electrons. The molecule has 0 heterocycles. The van der Waals surface area contributed by atoms with Crippen molar-refractivity contribution >= 4 is 11.7 Å². The maximum Gasteiger partial charge on any atom is 0.303 e. The largest absolute Gasteiger partial charge is 0.481 e. The van der Waals surface area contributed by atoms with Crippen molar-refractivity contribution in [3.8, 4) is 0 Å². The number of non-ortho nitro benzene ring substituents is 1. The molecule has 0 aliphatic heterocycles. The van der Waals surface area contributed by atoms with Gasteiger partial charge in [0, 0.05) is 18.6 Å². The van der Waals surface area contributed by atoms with Gasteiger partial charge >= 0.3 is 5.97 Å². The minimum Gasteiger partial charge on any atom is -0.481 e. The minimum atomic E-state index is -0.790. The Balaban J connectivity index is 2.24. The van der Waals surface area contributed by atoms with Gasteiger partial charge in [0.2, 0.25) is 0 Å². The van der Waals surface area contributed by atoms with Crippen LogP contribution in [-0.2, 0) is 4.79 Å². The van der Waals surface area contributed by atoms with Gasteiger partial charge in [0.25, 0.3) is 5.69 Å². The molecule has 0 amide bonds. The zero-order valence-electron chi connectivity index (χ0n) is 10.6. The zero-order chi connectivity index (χ0) is 13.8. The third kappa shape index (κ3) is 3.30. The van der Waals surface area contributed by atoms with Gasteiger partial charge in [0.1, 0.15) is 0 Å². The number of nitrogens with zero attached hydrogens (tertiary/aromatic N) is 1. The van der Waals surface area contributed by atoms with Crippen molar-refractivity contribution in [2.45, 2.75) is 38.0 Å². The summed E-state index contributed by atoms with van der Waals surface area (Å²) in [6.07, 6.45) is 4.05. The molecule has 0 saturated heterocycles. The van der Waals surface area contributed by atoms with E-state index in [0.717, 1.165) is 31.2 Å². The van der Waals surface area contributed by atoms with Gasteiger partial charge in [0.15, 0.2) is 0 Å². The van der Waals surface area contributed by atoms with Crippen molar-refractivity contribution in [3.63, 3.8) is 0 Å². The van der Waals surface area contributed by atoms with E-state index in [9.17, 15) is 14.9 Å². The van der Waals surface area contributed by atoms with Crippen LogP contribution in [0.3, 0.4) is 0 Å². The Morgan fingerprint density at radius 1 is 1.37 bits per heavy atom. The predicted molar refractivity (Wildman–Crippen MR) is 70.0 cm³/mol. The van der Waals surface area contributed by atoms with Crippen LogP contribution in [0.25, 0.3) is 0 Å². The van der Waals surface area contributed by atoms with Gasteiger partial charge in [0.05, 0.1) is 4.92 Å². The second-order valence-electron chi connectivity index (χ2n) is 5.10. The van der Waals surface area contributed by atoms with Gasteiger partial charge in [-0.3, -0.25) is 14.9 Å². The van der Waals surface area contributed by atoms with Crippen LogP contribution < -0.4 is 0 Å². The van der Waals surface area contributed by atoms with Crippen LogP contribution in [0.4, 0.5) is 5.69 Å². The molecule has 2 rings (SSSR count). The van der Waals surface area contributed by atoms with Gasteiger partial charge in [-0.15, -0.1) is 0 Å². The van der Waals surface area contributed by atoms with Crippen molar-refractivity contribution in [3.05, 3.63) is 39.9 Å². The normalized spacial score (nSPS) is 22.9. The van der Waals surface area contributed by atoms with Gasteiger partial charge < -0.3 is 5.11 Å². The number of hydrogen-bond acceptors (Lipinski definition) is 3. The van der Waals surface area contributed by atoms with Crippen LogP contribution >= 0.6 is 0 Å². The molecule has 2 atom stereocenters. The maximum atomic E-state index is 10.9. The van der Waals surface area contributed by atoms with E-state index in [1.54, 1.807) is 12.1 Å². The smallest absolute Gasteiger partial charge is 0.303 e. The van der Waals surface area contributed by atoms with E-state index >= 15 is 0 Å². The van der Waals surface area contributed by atoms with Crippen molar-refractivity contribution in [1.29, 1.82) is 0 Å². The Kier molecular flexibility index (Phi) is 4.14. The Hall–Kier alpha value is -1.91. The minimum absolute atomic E-state index is 0.0807. The molecule has 19 heavy (non-hydrogen) atoms. The molecule has 1 fully saturated rings. The van der Waals surface area contributed by atoms with E-state index < -0.39 is 10.9 Å². The second kappa shape index (κ2) is 5.82. The number of carboxylic acids is 1. The molecule has 1 aromatic carbocycles. The van der Waals surface area contributed by atoms with E-state index in [1.807, 2.05) is 6.07 Å². The highest BCUT2D eigenvalue weighted by Gasteiger charge is 2.29. The highest BCUT2D eigenvalue weighted by molar-refractivity contribution is 5.67. The summed E-state index contributed by atoms with van der Waals surface area (Å²) < 4.78 is 0. The second-order valence-corrected chi connectivity index (χ2v) is 5.10. The number of nitro benzene ring substituents is 1. The van der Waals surface area contributed by atoms with Gasteiger partial charge in [-0.25, -0.2) is 0 Å². The molecule has 0 bridgehead atoms. The van der Waals surface area contributed by atoms with Gasteiger partial charge in [-0.2, -0.15) is 0 Å². The quantitative estimate of drug-likeness (QED) is 0.667. The van der Waals surface area contributed by atoms with Gasteiger partial charge in [-0.1, -0.05) is 25.0 Å². The summed E-state index contributed by atoms with van der Waals surface area (Å²) in [5.74, 6) is -0.569. The summed E-state index contributed by atoms with van der Waals surface area (Å²) in [6.45, 7) is 0. The van der Waals surface area contributed by atoms with Crippen LogP contribution in [0.2, 0.25) is 0 Å². The first kappa shape index (κ1) is 13.5. The molecular formula is C14H17NO4. The summed E-state index contributed by atoms with van der Waals surface area (Å²) >= 11 is 0. The standard InChI is InChI=1S/C14H17NO4/c16-14(17)9-11-4-1-2-7-13(11)10-5-3-6-12(8-10)15(18)19/h3,5-6,8,11,13H,1-2,4,7,9H2,(H,16,17). The number of carboxylic acid groups (broad SMARTS) is 1. The number of rotatable bonds is 4. The number of hydrogen-bond donors (Lipinski definition) is 1. The van der Waals surface area contributed by atoms with Crippen LogP contribution in [-0.4, -0.2) is 16.0 Å². The fraction of sp³-hybridized carbons (Fsp3) is 0.500. The Labute approximate surface area is 111 Å². The molecule has 102 valence electrons. The fourth-order valence-electron chi connectivity index (χ4n) is 2.98. The lowest BCUT2D eigenvalue weighted by Crippen LogP contribution is -2.20. The maximum absolute atomic E-state index is 10.9. The molecule has 5 heteroatoms. The zero-order valence-corrected chi connectivity index (χ0v) is 10.6. The summed E-state index contributed by atoms with van der Waals surface area (Å²) in [5, 5.41) is 19.8. The fourth-order valence-corrected chi connectivity index (χ4v) is 2.98. The summed E-state index contributed by atoms with van der Waals surface area (Å²) in [7, 11) is 0. The molecule has 0 spiro atoms. The van der Waals surface area contributed by atoms with Gasteiger partial charge in [-0.05, 0) is 30.2 Å². The predicted octanol–water partition coefficient (Wildman–Crippen LogP) is 3.34. The first-order valence-electron chi connectivity index (χ1n) is 6.54. The van der Waals surface area contributed by atoms with Crippen molar-refractivity contribution in [1.82, 2.24) is 0 Å². The van der Waals surface area contributed by atoms with Crippen LogP contribution in [0.5, 0.6) is 0 Å². The Morgan fingerprint density at radius 3 is 2.79 bits per heavy atom. The number of nitro groups is 1. The molecule has 1 aliphatic carbocycles. The molecule has 1 aromatic rings. The van der Waals surface area contributed by atoms with E-state index in [0.29, 0.717) is 0 Å². The Morgan fingerprint density at radius 2 is 2.11 bits per heavy atom. The third-order valence-corrected chi connectivity index (χ3v) is 3.86. The molecule has 1 aliphatic rings. The molecule has 0 aromatic heterocycles. The summed E-state index contributed by atoms with van der Waals surface area (Å²) in [5.41, 5.74) is 0.984. The lowest BCUT2D eigenvalue weighted by atomic mass is 9.74. The van der Waals surface area contributed by atoms with E-state index in [-0.39, 0.29) is 23.9 Å². The number of aliphatic carboxylic acids is 1. The van der Waals surface area contributed by atoms with E-state index in [2.05, 4.69) is 0 Å². The van der Waals surface area contributed by atoms with E-state index in [4.69, 9.17) is 5.11 Å². The monoisotopic (exact) mass is 263 g/mol. The van der Waals surface area contributed by atoms with Crippen molar-refractivity contribution in [2.24, 2.45) is 5.92 Å². The molecule has 1 N–H and O–H groups in total. The van der Waals surface area contributed by atoms with Crippen molar-refractivity contribution < 1.29 is 14.8 Å². The molecular weight excluding hydrogens is 246 g/mol. The topological polar surface area (TPSA) is 80.4 Å². The Bertz CT molecular complexity index is 486. The summed E-state index contributed by atoms with van der Waals surface area (Å²) in [4.78, 5) is 21.3. The number of carbonyl (C=O) groups is 1. The van der Waals surface area contributed by atoms with Crippen LogP contribution in [0.15, 0.2) is 24.3 Å². The highest BCUT2D eigenvalue weighted by atomic mass is 16.6. The lowest BCUT2D eigenvalue weighted by molar-refractivity contribution is -0.384. The van der Waals surface area contributed by atoms with Crippen molar-refractivity contribution in [2.75, 3.05) is 0 Å². The number of benzene rings is 1. The first-order chi connectivity index (χ1) is 9.08. The average molecular weight is 263 g/mol. The lowest BCUT2D eigenvalue weighted by Gasteiger charge is -2.30. The summed E-state index contributed by atoms with van der Waals surface area (Å²) in [6, 6.07) is 6.61. The third-order valence-electron chi connectivity index (χ3n) is 3.86. The molecule has 5 nitrogen and oxygen atoms in total. The van der Waals surface area contributed by atoms with E-state index in [1.165, 1.54) is 6.07 Å². The SMILES string of the molecule is O=C(O)CC1CCCCC1c1cccc([N+](=O)[O-])c1. The van der Waals surface area contributed by atoms with Crippen LogP contribution in [0, 0.1) is 16.0 Å². The molecule has 1 saturated carbocycles. The average Bonchev–Trinajstić information content (AvgIpc) is 2.39. The highest BCUT2D eigenvalue weighted by Crippen LogP contribution is 2.40. The van der Waals surface area contributed by atoms with Crippen LogP contribution in [0.1, 0.15) is 43.6 Å². The molecule has 2 unspecified atom stereocenters. The first-order valence-corrected chi connectivity index (χ1v) is 6.54.